The van der Waals surface area contributed by atoms with Crippen molar-refractivity contribution in [3.05, 3.63) is 82.2 Å². The van der Waals surface area contributed by atoms with Crippen LogP contribution >= 0.6 is 0 Å². The lowest BCUT2D eigenvalue weighted by molar-refractivity contribution is -0.384. The molecule has 4 rings (SSSR count). The van der Waals surface area contributed by atoms with Crippen LogP contribution in [0.2, 0.25) is 0 Å². The second kappa shape index (κ2) is 7.65. The highest BCUT2D eigenvalue weighted by molar-refractivity contribution is 6.03. The zero-order valence-corrected chi connectivity index (χ0v) is 15.9. The number of phenols is 1. The number of aromatic nitrogens is 3. The molecule has 0 spiro atoms. The van der Waals surface area contributed by atoms with Gasteiger partial charge in [-0.15, -0.1) is 0 Å². The van der Waals surface area contributed by atoms with E-state index in [1.54, 1.807) is 30.3 Å². The van der Waals surface area contributed by atoms with E-state index in [0.717, 1.165) is 30.3 Å². The van der Waals surface area contributed by atoms with Crippen LogP contribution < -0.4 is 5.32 Å². The van der Waals surface area contributed by atoms with Crippen molar-refractivity contribution in [1.82, 2.24) is 14.6 Å². The van der Waals surface area contributed by atoms with Gasteiger partial charge in [-0.25, -0.2) is 9.50 Å². The molecule has 0 saturated carbocycles. The Kier molecular flexibility index (Phi) is 4.97. The number of nitro groups is 1. The van der Waals surface area contributed by atoms with E-state index in [1.165, 1.54) is 0 Å². The fourth-order valence-electron chi connectivity index (χ4n) is 3.01. The number of halogens is 3. The summed E-state index contributed by atoms with van der Waals surface area (Å²) >= 11 is 0. The van der Waals surface area contributed by atoms with Crippen molar-refractivity contribution in [2.75, 3.05) is 5.32 Å². The highest BCUT2D eigenvalue weighted by atomic mass is 19.4. The van der Waals surface area contributed by atoms with Gasteiger partial charge in [0.05, 0.1) is 22.4 Å². The van der Waals surface area contributed by atoms with E-state index in [9.17, 15) is 33.2 Å². The number of nitro benzene ring substituents is 1. The number of nitrogens with zero attached hydrogens (tertiary/aromatic N) is 4. The largest absolute Gasteiger partial charge is 0.508 e. The third-order valence-electron chi connectivity index (χ3n) is 4.39. The van der Waals surface area contributed by atoms with E-state index in [-0.39, 0.29) is 17.0 Å². The maximum absolute atomic E-state index is 13.7. The Morgan fingerprint density at radius 3 is 2.47 bits per heavy atom. The molecule has 2 heterocycles. The van der Waals surface area contributed by atoms with Gasteiger partial charge in [0, 0.05) is 23.8 Å². The number of amides is 1. The minimum Gasteiger partial charge on any atom is -0.508 e. The SMILES string of the molecule is O=C(Nc1cc(O)cc([N+](=O)[O-])c1)c1cc2nc(-c3ccccc3)cc(C(F)(F)F)n2n1. The van der Waals surface area contributed by atoms with Gasteiger partial charge >= 0.3 is 6.18 Å². The summed E-state index contributed by atoms with van der Waals surface area (Å²) in [6.07, 6.45) is -4.78. The number of hydrogen-bond donors (Lipinski definition) is 2. The average Bonchev–Trinajstić information content (AvgIpc) is 3.16. The Morgan fingerprint density at radius 2 is 1.81 bits per heavy atom. The summed E-state index contributed by atoms with van der Waals surface area (Å²) in [5, 5.41) is 26.5. The van der Waals surface area contributed by atoms with Crippen molar-refractivity contribution < 1.29 is 28.0 Å². The first-order chi connectivity index (χ1) is 15.1. The third kappa shape index (κ3) is 4.05. The number of fused-ring (bicyclic) bond motifs is 1. The molecule has 0 saturated heterocycles. The zero-order chi connectivity index (χ0) is 23.0. The molecule has 0 fully saturated rings. The van der Waals surface area contributed by atoms with E-state index >= 15 is 0 Å². The number of rotatable bonds is 4. The molecule has 162 valence electrons. The number of anilines is 1. The third-order valence-corrected chi connectivity index (χ3v) is 4.39. The van der Waals surface area contributed by atoms with Crippen LogP contribution in [0.5, 0.6) is 5.75 Å². The van der Waals surface area contributed by atoms with Crippen LogP contribution in [-0.4, -0.2) is 30.5 Å². The molecule has 0 atom stereocenters. The monoisotopic (exact) mass is 443 g/mol. The minimum absolute atomic E-state index is 0.0425. The van der Waals surface area contributed by atoms with Crippen molar-refractivity contribution >= 4 is 22.9 Å². The summed E-state index contributed by atoms with van der Waals surface area (Å²) in [6, 6.07) is 13.0. The van der Waals surface area contributed by atoms with E-state index in [2.05, 4.69) is 15.4 Å². The Balaban J connectivity index is 1.76. The van der Waals surface area contributed by atoms with Crippen LogP contribution in [0.25, 0.3) is 16.9 Å². The molecule has 0 aliphatic rings. The van der Waals surface area contributed by atoms with Crippen LogP contribution in [0.1, 0.15) is 16.2 Å². The van der Waals surface area contributed by atoms with Gasteiger partial charge in [0.25, 0.3) is 11.6 Å². The highest BCUT2D eigenvalue weighted by Crippen LogP contribution is 2.32. The van der Waals surface area contributed by atoms with E-state index < -0.39 is 39.8 Å². The molecule has 0 aliphatic carbocycles. The van der Waals surface area contributed by atoms with Crippen molar-refractivity contribution in [2.24, 2.45) is 0 Å². The summed E-state index contributed by atoms with van der Waals surface area (Å²) in [5.41, 5.74) is -1.88. The second-order valence-electron chi connectivity index (χ2n) is 6.64. The average molecular weight is 443 g/mol. The topological polar surface area (TPSA) is 123 Å². The second-order valence-corrected chi connectivity index (χ2v) is 6.64. The summed E-state index contributed by atoms with van der Waals surface area (Å²) < 4.78 is 41.5. The van der Waals surface area contributed by atoms with E-state index in [4.69, 9.17) is 0 Å². The number of phenolic OH excluding ortho intramolecular Hbond substituents is 1. The molecule has 0 aliphatic heterocycles. The Hall–Kier alpha value is -4.48. The van der Waals surface area contributed by atoms with Gasteiger partial charge < -0.3 is 10.4 Å². The first kappa shape index (κ1) is 20.8. The maximum atomic E-state index is 13.7. The van der Waals surface area contributed by atoms with E-state index in [0.29, 0.717) is 10.1 Å². The van der Waals surface area contributed by atoms with Gasteiger partial charge in [0.2, 0.25) is 0 Å². The predicted molar refractivity (Wildman–Crippen MR) is 106 cm³/mol. The van der Waals surface area contributed by atoms with Crippen LogP contribution in [0, 0.1) is 10.1 Å². The number of nitrogens with one attached hydrogen (secondary N) is 1. The molecular formula is C20H12F3N5O4. The molecular weight excluding hydrogens is 431 g/mol. The molecule has 0 unspecified atom stereocenters. The molecule has 2 N–H and O–H groups in total. The van der Waals surface area contributed by atoms with Crippen LogP contribution in [0.15, 0.2) is 60.7 Å². The Bertz CT molecular complexity index is 1350. The maximum Gasteiger partial charge on any atom is 0.433 e. The molecule has 32 heavy (non-hydrogen) atoms. The molecule has 2 aromatic heterocycles. The molecule has 12 heteroatoms. The predicted octanol–water partition coefficient (Wildman–Crippen LogP) is 4.28. The smallest absolute Gasteiger partial charge is 0.433 e. The number of hydrogen-bond acceptors (Lipinski definition) is 6. The lowest BCUT2D eigenvalue weighted by Crippen LogP contribution is -2.15. The lowest BCUT2D eigenvalue weighted by atomic mass is 10.1. The van der Waals surface area contributed by atoms with E-state index in [1.807, 2.05) is 0 Å². The Labute approximate surface area is 176 Å². The fraction of sp³-hybridized carbons (Fsp3) is 0.0500. The zero-order valence-electron chi connectivity index (χ0n) is 15.9. The molecule has 9 nitrogen and oxygen atoms in total. The van der Waals surface area contributed by atoms with Gasteiger partial charge in [-0.05, 0) is 6.07 Å². The molecule has 0 radical (unpaired) electrons. The Morgan fingerprint density at radius 1 is 1.09 bits per heavy atom. The van der Waals surface area contributed by atoms with Gasteiger partial charge in [0.15, 0.2) is 17.0 Å². The van der Waals surface area contributed by atoms with Gasteiger partial charge in [-0.3, -0.25) is 14.9 Å². The van der Waals surface area contributed by atoms with Crippen molar-refractivity contribution in [3.8, 4) is 17.0 Å². The quantitative estimate of drug-likeness (QED) is 0.359. The summed E-state index contributed by atoms with van der Waals surface area (Å²) in [6.45, 7) is 0. The van der Waals surface area contributed by atoms with Gasteiger partial charge in [0.1, 0.15) is 5.75 Å². The molecule has 4 aromatic rings. The first-order valence-corrected chi connectivity index (χ1v) is 8.95. The van der Waals surface area contributed by atoms with Crippen LogP contribution in [0.4, 0.5) is 24.5 Å². The van der Waals surface area contributed by atoms with Gasteiger partial charge in [-0.1, -0.05) is 30.3 Å². The van der Waals surface area contributed by atoms with Crippen molar-refractivity contribution in [3.63, 3.8) is 0 Å². The molecule has 0 bridgehead atoms. The van der Waals surface area contributed by atoms with Gasteiger partial charge in [-0.2, -0.15) is 18.3 Å². The highest BCUT2D eigenvalue weighted by Gasteiger charge is 2.35. The first-order valence-electron chi connectivity index (χ1n) is 8.95. The fourth-order valence-corrected chi connectivity index (χ4v) is 3.01. The van der Waals surface area contributed by atoms with Crippen molar-refractivity contribution in [1.29, 1.82) is 0 Å². The number of carbonyl (C=O) groups is 1. The summed E-state index contributed by atoms with van der Waals surface area (Å²) in [5.74, 6) is -1.41. The lowest BCUT2D eigenvalue weighted by Gasteiger charge is -2.10. The summed E-state index contributed by atoms with van der Waals surface area (Å²) in [7, 11) is 0. The summed E-state index contributed by atoms with van der Waals surface area (Å²) in [4.78, 5) is 26.9. The van der Waals surface area contributed by atoms with Crippen LogP contribution in [-0.2, 0) is 6.18 Å². The number of aromatic hydroxyl groups is 1. The molecule has 1 amide bonds. The normalized spacial score (nSPS) is 11.5. The van der Waals surface area contributed by atoms with Crippen LogP contribution in [0.3, 0.4) is 0 Å². The molecule has 2 aromatic carbocycles. The minimum atomic E-state index is -4.78. The number of non-ortho nitro benzene ring substituents is 1. The van der Waals surface area contributed by atoms with Crippen molar-refractivity contribution in [2.45, 2.75) is 6.18 Å². The number of benzene rings is 2. The number of carbonyl (C=O) groups excluding carboxylic acids is 1. The number of alkyl halides is 3. The standard InChI is InChI=1S/C20H12F3N5O4/c21-20(22,23)17-9-15(11-4-2-1-3-5-11)25-18-10-16(26-27(17)18)19(30)24-12-6-13(28(31)32)8-14(29)7-12/h1-10,29H,(H,24,30).